The summed E-state index contributed by atoms with van der Waals surface area (Å²) in [5.74, 6) is 0.891. The van der Waals surface area contributed by atoms with Gasteiger partial charge in [0.2, 0.25) is 0 Å². The number of fused-ring (bicyclic) bond motifs is 1. The zero-order valence-electron chi connectivity index (χ0n) is 12.1. The first-order chi connectivity index (χ1) is 10.8. The highest BCUT2D eigenvalue weighted by molar-refractivity contribution is 6.33. The average molecular weight is 317 g/mol. The van der Waals surface area contributed by atoms with Crippen molar-refractivity contribution in [1.82, 2.24) is 19.5 Å². The largest absolute Gasteiger partial charge is 0.396 e. The number of hydrogen-bond donors (Lipinski definition) is 1. The number of rotatable bonds is 6. The molecule has 0 spiro atoms. The van der Waals surface area contributed by atoms with Crippen molar-refractivity contribution in [3.63, 3.8) is 0 Å². The maximum atomic E-state index is 9.06. The van der Waals surface area contributed by atoms with Gasteiger partial charge in [0.15, 0.2) is 10.8 Å². The van der Waals surface area contributed by atoms with Gasteiger partial charge in [-0.2, -0.15) is 0 Å². The Labute approximate surface area is 133 Å². The Balaban J connectivity index is 1.93. The second kappa shape index (κ2) is 6.85. The van der Waals surface area contributed by atoms with Crippen LogP contribution in [0.25, 0.3) is 11.2 Å². The fourth-order valence-electron chi connectivity index (χ4n) is 2.50. The van der Waals surface area contributed by atoms with E-state index in [0.717, 1.165) is 24.4 Å². The van der Waals surface area contributed by atoms with Gasteiger partial charge < -0.3 is 9.67 Å². The van der Waals surface area contributed by atoms with E-state index in [4.69, 9.17) is 16.7 Å². The van der Waals surface area contributed by atoms with Crippen LogP contribution in [0.5, 0.6) is 0 Å². The molecule has 0 aliphatic heterocycles. The van der Waals surface area contributed by atoms with E-state index in [1.807, 2.05) is 18.2 Å². The summed E-state index contributed by atoms with van der Waals surface area (Å²) < 4.78 is 2.07. The number of halogens is 1. The lowest BCUT2D eigenvalue weighted by atomic mass is 10.1. The SMILES string of the molecule is OCCCc1nc2c(Cl)ncnc2n1CCc1ccccc1. The summed E-state index contributed by atoms with van der Waals surface area (Å²) in [6, 6.07) is 10.3. The average Bonchev–Trinajstić information content (AvgIpc) is 2.91. The van der Waals surface area contributed by atoms with Gasteiger partial charge in [0, 0.05) is 19.6 Å². The van der Waals surface area contributed by atoms with Crippen LogP contribution in [0.4, 0.5) is 0 Å². The molecule has 1 N–H and O–H groups in total. The fraction of sp³-hybridized carbons (Fsp3) is 0.312. The lowest BCUT2D eigenvalue weighted by Crippen LogP contribution is -2.08. The van der Waals surface area contributed by atoms with E-state index in [1.165, 1.54) is 11.9 Å². The molecule has 0 saturated heterocycles. The second-order valence-corrected chi connectivity index (χ2v) is 5.44. The monoisotopic (exact) mass is 316 g/mol. The lowest BCUT2D eigenvalue weighted by molar-refractivity contribution is 0.287. The normalized spacial score (nSPS) is 11.2. The smallest absolute Gasteiger partial charge is 0.165 e. The summed E-state index contributed by atoms with van der Waals surface area (Å²) in [6.45, 7) is 0.913. The van der Waals surface area contributed by atoms with Crippen LogP contribution in [0.1, 0.15) is 17.8 Å². The minimum absolute atomic E-state index is 0.140. The maximum absolute atomic E-state index is 9.06. The van der Waals surface area contributed by atoms with Crippen LogP contribution in [0, 0.1) is 0 Å². The molecule has 1 aromatic carbocycles. The third-order valence-electron chi connectivity index (χ3n) is 3.59. The van der Waals surface area contributed by atoms with Crippen molar-refractivity contribution in [2.45, 2.75) is 25.8 Å². The molecule has 0 amide bonds. The van der Waals surface area contributed by atoms with Crippen LogP contribution < -0.4 is 0 Å². The van der Waals surface area contributed by atoms with Gasteiger partial charge in [0.05, 0.1) is 0 Å². The first kappa shape index (κ1) is 14.9. The van der Waals surface area contributed by atoms with Gasteiger partial charge in [0.25, 0.3) is 0 Å². The highest BCUT2D eigenvalue weighted by atomic mass is 35.5. The summed E-state index contributed by atoms with van der Waals surface area (Å²) in [4.78, 5) is 12.9. The highest BCUT2D eigenvalue weighted by Gasteiger charge is 2.14. The molecule has 0 unspecified atom stereocenters. The topological polar surface area (TPSA) is 63.8 Å². The number of nitrogens with zero attached hydrogens (tertiary/aromatic N) is 4. The predicted molar refractivity (Wildman–Crippen MR) is 85.9 cm³/mol. The molecule has 3 aromatic rings. The molecule has 2 heterocycles. The van der Waals surface area contributed by atoms with Gasteiger partial charge in [-0.1, -0.05) is 41.9 Å². The van der Waals surface area contributed by atoms with Crippen molar-refractivity contribution in [2.24, 2.45) is 0 Å². The number of aliphatic hydroxyl groups excluding tert-OH is 1. The Morgan fingerprint density at radius 1 is 1.09 bits per heavy atom. The number of aliphatic hydroxyl groups is 1. The second-order valence-electron chi connectivity index (χ2n) is 5.08. The number of imidazole rings is 1. The minimum atomic E-state index is 0.140. The van der Waals surface area contributed by atoms with Crippen LogP contribution in [-0.4, -0.2) is 31.2 Å². The molecule has 3 rings (SSSR count). The van der Waals surface area contributed by atoms with Gasteiger partial charge in [0.1, 0.15) is 17.7 Å². The van der Waals surface area contributed by atoms with Crippen molar-refractivity contribution in [3.8, 4) is 0 Å². The van der Waals surface area contributed by atoms with Crippen molar-refractivity contribution >= 4 is 22.8 Å². The van der Waals surface area contributed by atoms with E-state index in [9.17, 15) is 0 Å². The van der Waals surface area contributed by atoms with Gasteiger partial charge >= 0.3 is 0 Å². The molecular weight excluding hydrogens is 300 g/mol. The van der Waals surface area contributed by atoms with E-state index in [-0.39, 0.29) is 6.61 Å². The maximum Gasteiger partial charge on any atom is 0.165 e. The first-order valence-corrected chi connectivity index (χ1v) is 7.68. The molecule has 0 aliphatic rings. The summed E-state index contributed by atoms with van der Waals surface area (Å²) in [5.41, 5.74) is 2.65. The zero-order chi connectivity index (χ0) is 15.4. The standard InChI is InChI=1S/C16H17ClN4O/c17-15-14-16(19-11-18-15)21(13(20-14)7-4-10-22)9-8-12-5-2-1-3-6-12/h1-3,5-6,11,22H,4,7-10H2. The molecule has 0 bridgehead atoms. The van der Waals surface area contributed by atoms with Gasteiger partial charge in [-0.3, -0.25) is 0 Å². The van der Waals surface area contributed by atoms with Crippen molar-refractivity contribution < 1.29 is 5.11 Å². The molecule has 0 aliphatic carbocycles. The molecule has 0 radical (unpaired) electrons. The van der Waals surface area contributed by atoms with E-state index < -0.39 is 0 Å². The highest BCUT2D eigenvalue weighted by Crippen LogP contribution is 2.21. The third kappa shape index (κ3) is 3.10. The van der Waals surface area contributed by atoms with Crippen molar-refractivity contribution in [1.29, 1.82) is 0 Å². The summed E-state index contributed by atoms with van der Waals surface area (Å²) in [7, 11) is 0. The van der Waals surface area contributed by atoms with E-state index >= 15 is 0 Å². The van der Waals surface area contributed by atoms with Gasteiger partial charge in [-0.25, -0.2) is 15.0 Å². The number of aromatic nitrogens is 4. The summed E-state index contributed by atoms with van der Waals surface area (Å²) >= 11 is 6.12. The zero-order valence-corrected chi connectivity index (χ0v) is 12.9. The number of aryl methyl sites for hydroxylation is 3. The molecule has 2 aromatic heterocycles. The van der Waals surface area contributed by atoms with Crippen LogP contribution in [0.15, 0.2) is 36.7 Å². The molecule has 114 valence electrons. The number of benzene rings is 1. The third-order valence-corrected chi connectivity index (χ3v) is 3.87. The van der Waals surface area contributed by atoms with E-state index in [0.29, 0.717) is 23.5 Å². The van der Waals surface area contributed by atoms with Crippen molar-refractivity contribution in [2.75, 3.05) is 6.61 Å². The van der Waals surface area contributed by atoms with Crippen LogP contribution in [0.2, 0.25) is 5.15 Å². The van der Waals surface area contributed by atoms with Crippen LogP contribution in [0.3, 0.4) is 0 Å². The van der Waals surface area contributed by atoms with Gasteiger partial charge in [-0.15, -0.1) is 0 Å². The summed E-state index contributed by atoms with van der Waals surface area (Å²) in [6.07, 6.45) is 3.71. The van der Waals surface area contributed by atoms with Gasteiger partial charge in [-0.05, 0) is 18.4 Å². The number of hydrogen-bond acceptors (Lipinski definition) is 4. The Hall–Kier alpha value is -1.98. The predicted octanol–water partition coefficient (Wildman–Crippen LogP) is 2.65. The summed E-state index contributed by atoms with van der Waals surface area (Å²) in [5, 5.41) is 9.43. The molecular formula is C16H17ClN4O. The first-order valence-electron chi connectivity index (χ1n) is 7.30. The quantitative estimate of drug-likeness (QED) is 0.710. The molecule has 0 fully saturated rings. The lowest BCUT2D eigenvalue weighted by Gasteiger charge is -2.08. The van der Waals surface area contributed by atoms with Crippen LogP contribution in [-0.2, 0) is 19.4 Å². The molecule has 6 heteroatoms. The molecule has 5 nitrogen and oxygen atoms in total. The van der Waals surface area contributed by atoms with Crippen LogP contribution >= 0.6 is 11.6 Å². The molecule has 0 atom stereocenters. The Morgan fingerprint density at radius 3 is 2.68 bits per heavy atom. The van der Waals surface area contributed by atoms with Crippen molar-refractivity contribution in [3.05, 3.63) is 53.2 Å². The van der Waals surface area contributed by atoms with E-state index in [1.54, 1.807) is 0 Å². The minimum Gasteiger partial charge on any atom is -0.396 e. The fourth-order valence-corrected chi connectivity index (χ4v) is 2.67. The Kier molecular flexibility index (Phi) is 4.65. The Morgan fingerprint density at radius 2 is 1.91 bits per heavy atom. The molecule has 22 heavy (non-hydrogen) atoms. The Bertz CT molecular complexity index is 757. The van der Waals surface area contributed by atoms with E-state index in [2.05, 4.69) is 31.7 Å². The molecule has 0 saturated carbocycles.